The predicted octanol–water partition coefficient (Wildman–Crippen LogP) is 3.93. The van der Waals surface area contributed by atoms with Crippen LogP contribution in [-0.2, 0) is 10.9 Å². The van der Waals surface area contributed by atoms with Gasteiger partial charge in [-0.15, -0.1) is 0 Å². The zero-order valence-electron chi connectivity index (χ0n) is 14.5. The number of nitrogens with one attached hydrogen (secondary N) is 1. The van der Waals surface area contributed by atoms with Crippen LogP contribution in [-0.4, -0.2) is 28.8 Å². The second-order valence-electron chi connectivity index (χ2n) is 5.71. The van der Waals surface area contributed by atoms with Crippen molar-refractivity contribution in [2.45, 2.75) is 6.18 Å². The minimum absolute atomic E-state index is 0.0769. The van der Waals surface area contributed by atoms with Gasteiger partial charge in [-0.25, -0.2) is 9.48 Å². The van der Waals surface area contributed by atoms with Crippen molar-refractivity contribution < 1.29 is 27.5 Å². The predicted molar refractivity (Wildman–Crippen MR) is 94.3 cm³/mol. The van der Waals surface area contributed by atoms with Crippen molar-refractivity contribution in [3.05, 3.63) is 77.6 Å². The van der Waals surface area contributed by atoms with E-state index >= 15 is 0 Å². The van der Waals surface area contributed by atoms with E-state index in [0.29, 0.717) is 0 Å². The van der Waals surface area contributed by atoms with E-state index in [2.05, 4.69) is 15.2 Å². The van der Waals surface area contributed by atoms with Gasteiger partial charge in [-0.05, 0) is 42.5 Å². The molecule has 3 aromatic rings. The average molecular weight is 389 g/mol. The van der Waals surface area contributed by atoms with Crippen LogP contribution in [0.1, 0.15) is 26.3 Å². The van der Waals surface area contributed by atoms with Gasteiger partial charge in [0.25, 0.3) is 5.91 Å². The number of aromatic nitrogens is 2. The molecule has 0 aliphatic heterocycles. The number of amides is 1. The minimum Gasteiger partial charge on any atom is -0.465 e. The van der Waals surface area contributed by atoms with Crippen molar-refractivity contribution in [2.75, 3.05) is 12.4 Å². The Morgan fingerprint density at radius 3 is 2.46 bits per heavy atom. The molecule has 0 bridgehead atoms. The second kappa shape index (κ2) is 7.55. The Kier molecular flexibility index (Phi) is 5.16. The monoisotopic (exact) mass is 389 g/mol. The molecule has 0 atom stereocenters. The first-order chi connectivity index (χ1) is 13.3. The molecule has 0 fully saturated rings. The van der Waals surface area contributed by atoms with Gasteiger partial charge in [0.1, 0.15) is 0 Å². The molecule has 0 unspecified atom stereocenters. The van der Waals surface area contributed by atoms with E-state index in [1.54, 1.807) is 6.07 Å². The van der Waals surface area contributed by atoms with Crippen LogP contribution in [0.5, 0.6) is 0 Å². The third kappa shape index (κ3) is 4.03. The second-order valence-corrected chi connectivity index (χ2v) is 5.71. The van der Waals surface area contributed by atoms with Gasteiger partial charge < -0.3 is 10.1 Å². The van der Waals surface area contributed by atoms with Gasteiger partial charge in [-0.1, -0.05) is 6.07 Å². The topological polar surface area (TPSA) is 73.2 Å². The van der Waals surface area contributed by atoms with Crippen molar-refractivity contribution in [3.63, 3.8) is 0 Å². The van der Waals surface area contributed by atoms with E-state index in [0.717, 1.165) is 12.1 Å². The SMILES string of the molecule is COC(=O)c1cccc(C(=O)Nc2cc(C(F)(F)F)ccc2-n2cccn2)c1. The third-order valence-electron chi connectivity index (χ3n) is 3.87. The molecular formula is C19H14F3N3O3. The summed E-state index contributed by atoms with van der Waals surface area (Å²) in [7, 11) is 1.20. The minimum atomic E-state index is -4.58. The zero-order chi connectivity index (χ0) is 20.3. The largest absolute Gasteiger partial charge is 0.465 e. The fourth-order valence-corrected chi connectivity index (χ4v) is 2.52. The molecule has 0 aliphatic carbocycles. The van der Waals surface area contributed by atoms with Crippen LogP contribution >= 0.6 is 0 Å². The summed E-state index contributed by atoms with van der Waals surface area (Å²) in [6.07, 6.45) is -1.58. The Hall–Kier alpha value is -3.62. The maximum absolute atomic E-state index is 13.1. The molecule has 9 heteroatoms. The first-order valence-electron chi connectivity index (χ1n) is 8.00. The maximum Gasteiger partial charge on any atom is 0.416 e. The summed E-state index contributed by atoms with van der Waals surface area (Å²) in [5.41, 5.74) is -0.497. The zero-order valence-corrected chi connectivity index (χ0v) is 14.5. The molecule has 0 saturated heterocycles. The highest BCUT2D eigenvalue weighted by molar-refractivity contribution is 6.06. The summed E-state index contributed by atoms with van der Waals surface area (Å²) in [5, 5.41) is 6.45. The number of carbonyl (C=O) groups is 2. The van der Waals surface area contributed by atoms with E-state index in [-0.39, 0.29) is 22.5 Å². The fourth-order valence-electron chi connectivity index (χ4n) is 2.52. The van der Waals surface area contributed by atoms with E-state index in [9.17, 15) is 22.8 Å². The van der Waals surface area contributed by atoms with Gasteiger partial charge in [-0.3, -0.25) is 4.79 Å². The maximum atomic E-state index is 13.1. The summed E-state index contributed by atoms with van der Waals surface area (Å²) in [6.45, 7) is 0. The molecule has 1 amide bonds. The number of rotatable bonds is 4. The van der Waals surface area contributed by atoms with Crippen molar-refractivity contribution >= 4 is 17.6 Å². The highest BCUT2D eigenvalue weighted by Gasteiger charge is 2.31. The number of halogens is 3. The van der Waals surface area contributed by atoms with Gasteiger partial charge >= 0.3 is 12.1 Å². The lowest BCUT2D eigenvalue weighted by Crippen LogP contribution is -2.16. The number of methoxy groups -OCH3 is 1. The van der Waals surface area contributed by atoms with E-state index < -0.39 is 23.6 Å². The number of hydrogen-bond donors (Lipinski definition) is 1. The summed E-state index contributed by atoms with van der Waals surface area (Å²) >= 11 is 0. The molecule has 28 heavy (non-hydrogen) atoms. The summed E-state index contributed by atoms with van der Waals surface area (Å²) in [4.78, 5) is 24.2. The lowest BCUT2D eigenvalue weighted by Gasteiger charge is -2.15. The van der Waals surface area contributed by atoms with Crippen LogP contribution in [0.4, 0.5) is 18.9 Å². The number of nitrogens with zero attached hydrogens (tertiary/aromatic N) is 2. The molecule has 0 spiro atoms. The molecular weight excluding hydrogens is 375 g/mol. The Morgan fingerprint density at radius 2 is 1.82 bits per heavy atom. The smallest absolute Gasteiger partial charge is 0.416 e. The molecule has 6 nitrogen and oxygen atoms in total. The van der Waals surface area contributed by atoms with Crippen molar-refractivity contribution in [3.8, 4) is 5.69 Å². The number of benzene rings is 2. The van der Waals surface area contributed by atoms with Gasteiger partial charge in [0.15, 0.2) is 0 Å². The van der Waals surface area contributed by atoms with E-state index in [4.69, 9.17) is 0 Å². The lowest BCUT2D eigenvalue weighted by molar-refractivity contribution is -0.137. The molecule has 1 N–H and O–H groups in total. The van der Waals surface area contributed by atoms with E-state index in [1.165, 1.54) is 54.5 Å². The van der Waals surface area contributed by atoms with Gasteiger partial charge in [-0.2, -0.15) is 18.3 Å². The molecule has 0 aliphatic rings. The van der Waals surface area contributed by atoms with Crippen LogP contribution < -0.4 is 5.32 Å². The van der Waals surface area contributed by atoms with Gasteiger partial charge in [0.2, 0.25) is 0 Å². The van der Waals surface area contributed by atoms with Crippen molar-refractivity contribution in [2.24, 2.45) is 0 Å². The number of alkyl halides is 3. The molecule has 1 aromatic heterocycles. The molecule has 0 saturated carbocycles. The standard InChI is InChI=1S/C19H14F3N3O3/c1-28-18(27)13-5-2-4-12(10-13)17(26)24-15-11-14(19(20,21)22)6-7-16(15)25-9-3-8-23-25/h2-11H,1H3,(H,24,26). The quantitative estimate of drug-likeness (QED) is 0.687. The Bertz CT molecular complexity index is 1010. The first kappa shape index (κ1) is 19.2. The van der Waals surface area contributed by atoms with Crippen LogP contribution in [0.3, 0.4) is 0 Å². The lowest BCUT2D eigenvalue weighted by atomic mass is 10.1. The Morgan fingerprint density at radius 1 is 1.07 bits per heavy atom. The van der Waals surface area contributed by atoms with Gasteiger partial charge in [0, 0.05) is 18.0 Å². The molecule has 3 rings (SSSR count). The Balaban J connectivity index is 1.98. The van der Waals surface area contributed by atoms with Crippen molar-refractivity contribution in [1.29, 1.82) is 0 Å². The van der Waals surface area contributed by atoms with Crippen LogP contribution in [0.15, 0.2) is 60.9 Å². The number of anilines is 1. The van der Waals surface area contributed by atoms with Crippen LogP contribution in [0, 0.1) is 0 Å². The van der Waals surface area contributed by atoms with Crippen LogP contribution in [0.2, 0.25) is 0 Å². The van der Waals surface area contributed by atoms with E-state index in [1.807, 2.05) is 0 Å². The third-order valence-corrected chi connectivity index (χ3v) is 3.87. The normalized spacial score (nSPS) is 11.1. The molecule has 2 aromatic carbocycles. The molecule has 1 heterocycles. The summed E-state index contributed by atoms with van der Waals surface area (Å²) in [6, 6.07) is 10.2. The van der Waals surface area contributed by atoms with Crippen molar-refractivity contribution in [1.82, 2.24) is 9.78 Å². The summed E-state index contributed by atoms with van der Waals surface area (Å²) < 4.78 is 45.2. The average Bonchev–Trinajstić information content (AvgIpc) is 3.21. The highest BCUT2D eigenvalue weighted by Crippen LogP contribution is 2.33. The summed E-state index contributed by atoms with van der Waals surface area (Å²) in [5.74, 6) is -1.32. The first-order valence-corrected chi connectivity index (χ1v) is 8.00. The Labute approximate surface area is 157 Å². The fraction of sp³-hybridized carbons (Fsp3) is 0.105. The number of hydrogen-bond acceptors (Lipinski definition) is 4. The number of carbonyl (C=O) groups excluding carboxylic acids is 2. The molecule has 0 radical (unpaired) electrons. The number of esters is 1. The van der Waals surface area contributed by atoms with Gasteiger partial charge in [0.05, 0.1) is 29.6 Å². The highest BCUT2D eigenvalue weighted by atomic mass is 19.4. The van der Waals surface area contributed by atoms with Crippen LogP contribution in [0.25, 0.3) is 5.69 Å². The number of ether oxygens (including phenoxy) is 1. The molecule has 144 valence electrons.